The summed E-state index contributed by atoms with van der Waals surface area (Å²) < 4.78 is 11.9. The summed E-state index contributed by atoms with van der Waals surface area (Å²) in [4.78, 5) is 23.5. The van der Waals surface area contributed by atoms with Gasteiger partial charge in [0.1, 0.15) is 11.4 Å². The molecule has 2 heterocycles. The molecular formula is C13H17NO4. The maximum absolute atomic E-state index is 12.0. The molecule has 0 aromatic carbocycles. The monoisotopic (exact) mass is 251 g/mol. The van der Waals surface area contributed by atoms with E-state index in [4.69, 9.17) is 9.47 Å². The second kappa shape index (κ2) is 5.25. The molecule has 1 aromatic rings. The molecule has 0 unspecified atom stereocenters. The van der Waals surface area contributed by atoms with Gasteiger partial charge in [-0.25, -0.2) is 4.79 Å². The van der Waals surface area contributed by atoms with Crippen LogP contribution in [0.15, 0.2) is 6.07 Å². The number of Topliss-reactive ketones (excluding diaryl/α,β-unsaturated/α-hetero) is 1. The molecule has 5 heteroatoms. The fourth-order valence-electron chi connectivity index (χ4n) is 2.31. The van der Waals surface area contributed by atoms with Gasteiger partial charge in [-0.1, -0.05) is 0 Å². The number of fused-ring (bicyclic) bond motifs is 1. The molecule has 1 aliphatic heterocycles. The first-order valence-electron chi connectivity index (χ1n) is 6.16. The fraction of sp³-hybridized carbons (Fsp3) is 0.538. The van der Waals surface area contributed by atoms with E-state index < -0.39 is 11.8 Å². The number of hydrogen-bond acceptors (Lipinski definition) is 4. The second-order valence-electron chi connectivity index (χ2n) is 4.20. The summed E-state index contributed by atoms with van der Waals surface area (Å²) >= 11 is 0. The van der Waals surface area contributed by atoms with E-state index >= 15 is 0 Å². The van der Waals surface area contributed by atoms with Crippen molar-refractivity contribution in [2.75, 3.05) is 13.7 Å². The van der Waals surface area contributed by atoms with E-state index in [1.807, 2.05) is 4.57 Å². The highest BCUT2D eigenvalue weighted by Crippen LogP contribution is 2.29. The van der Waals surface area contributed by atoms with E-state index in [9.17, 15) is 9.59 Å². The number of rotatable bonds is 4. The highest BCUT2D eigenvalue weighted by Gasteiger charge is 2.27. The number of esters is 1. The molecule has 0 spiro atoms. The lowest BCUT2D eigenvalue weighted by Crippen LogP contribution is -2.23. The van der Waals surface area contributed by atoms with Crippen molar-refractivity contribution in [3.63, 3.8) is 0 Å². The molecule has 18 heavy (non-hydrogen) atoms. The lowest BCUT2D eigenvalue weighted by molar-refractivity contribution is -0.137. The third-order valence-corrected chi connectivity index (χ3v) is 3.13. The Labute approximate surface area is 106 Å². The van der Waals surface area contributed by atoms with Crippen molar-refractivity contribution in [1.82, 2.24) is 4.57 Å². The maximum atomic E-state index is 12.0. The molecule has 0 atom stereocenters. The summed E-state index contributed by atoms with van der Waals surface area (Å²) in [5, 5.41) is 0. The highest BCUT2D eigenvalue weighted by molar-refractivity contribution is 6.40. The SMILES string of the molecule is CCOC(=O)C(=O)c1cc(OC)c2n1CCCC2. The van der Waals surface area contributed by atoms with Gasteiger partial charge < -0.3 is 14.0 Å². The first-order chi connectivity index (χ1) is 8.69. The molecule has 0 N–H and O–H groups in total. The van der Waals surface area contributed by atoms with E-state index in [1.54, 1.807) is 20.1 Å². The van der Waals surface area contributed by atoms with E-state index in [-0.39, 0.29) is 6.61 Å². The van der Waals surface area contributed by atoms with Gasteiger partial charge in [-0.3, -0.25) is 4.79 Å². The molecule has 0 fully saturated rings. The van der Waals surface area contributed by atoms with Gasteiger partial charge in [0.25, 0.3) is 5.78 Å². The predicted molar refractivity (Wildman–Crippen MR) is 64.9 cm³/mol. The number of nitrogens with zero attached hydrogens (tertiary/aromatic N) is 1. The van der Waals surface area contributed by atoms with E-state index in [0.29, 0.717) is 11.4 Å². The van der Waals surface area contributed by atoms with Gasteiger partial charge in [-0.15, -0.1) is 0 Å². The van der Waals surface area contributed by atoms with Gasteiger partial charge in [0.05, 0.1) is 19.4 Å². The van der Waals surface area contributed by atoms with Gasteiger partial charge in [0, 0.05) is 12.6 Å². The van der Waals surface area contributed by atoms with Gasteiger partial charge in [-0.2, -0.15) is 0 Å². The Balaban J connectivity index is 2.36. The number of carbonyl (C=O) groups excluding carboxylic acids is 2. The van der Waals surface area contributed by atoms with Crippen molar-refractivity contribution in [3.8, 4) is 5.75 Å². The molecule has 0 aliphatic carbocycles. The van der Waals surface area contributed by atoms with Crippen LogP contribution < -0.4 is 4.74 Å². The third kappa shape index (κ3) is 2.12. The maximum Gasteiger partial charge on any atom is 0.381 e. The molecule has 5 nitrogen and oxygen atoms in total. The summed E-state index contributed by atoms with van der Waals surface area (Å²) in [5.41, 5.74) is 1.37. The van der Waals surface area contributed by atoms with E-state index in [1.165, 1.54) is 0 Å². The van der Waals surface area contributed by atoms with Crippen molar-refractivity contribution in [3.05, 3.63) is 17.5 Å². The summed E-state index contributed by atoms with van der Waals surface area (Å²) in [5.74, 6) is -0.711. The minimum atomic E-state index is -0.800. The summed E-state index contributed by atoms with van der Waals surface area (Å²) in [6.45, 7) is 2.63. The van der Waals surface area contributed by atoms with Crippen molar-refractivity contribution in [2.45, 2.75) is 32.7 Å². The quantitative estimate of drug-likeness (QED) is 0.463. The summed E-state index contributed by atoms with van der Waals surface area (Å²) in [7, 11) is 1.57. The molecule has 98 valence electrons. The average Bonchev–Trinajstić information content (AvgIpc) is 2.77. The van der Waals surface area contributed by atoms with Crippen LogP contribution in [0.1, 0.15) is 35.9 Å². The van der Waals surface area contributed by atoms with E-state index in [2.05, 4.69) is 0 Å². The topological polar surface area (TPSA) is 57.5 Å². The number of methoxy groups -OCH3 is 1. The Bertz CT molecular complexity index is 476. The minimum Gasteiger partial charge on any atom is -0.495 e. The van der Waals surface area contributed by atoms with Crippen LogP contribution >= 0.6 is 0 Å². The van der Waals surface area contributed by atoms with E-state index in [0.717, 1.165) is 31.5 Å². The molecule has 0 saturated heterocycles. The lowest BCUT2D eigenvalue weighted by Gasteiger charge is -2.17. The molecule has 0 bridgehead atoms. The Morgan fingerprint density at radius 3 is 2.83 bits per heavy atom. The Morgan fingerprint density at radius 1 is 1.39 bits per heavy atom. The molecule has 0 amide bonds. The van der Waals surface area contributed by atoms with Crippen molar-refractivity contribution in [1.29, 1.82) is 0 Å². The Hall–Kier alpha value is -1.78. The molecule has 2 rings (SSSR count). The zero-order valence-corrected chi connectivity index (χ0v) is 10.7. The largest absolute Gasteiger partial charge is 0.495 e. The van der Waals surface area contributed by atoms with Gasteiger partial charge in [0.2, 0.25) is 0 Å². The first kappa shape index (κ1) is 12.7. The molecule has 1 aliphatic rings. The van der Waals surface area contributed by atoms with Crippen LogP contribution in [-0.2, 0) is 22.5 Å². The Morgan fingerprint density at radius 2 is 2.17 bits per heavy atom. The summed E-state index contributed by atoms with van der Waals surface area (Å²) in [6, 6.07) is 1.64. The van der Waals surface area contributed by atoms with Gasteiger partial charge in [0.15, 0.2) is 0 Å². The van der Waals surface area contributed by atoms with Gasteiger partial charge in [-0.05, 0) is 26.2 Å². The van der Waals surface area contributed by atoms with Crippen molar-refractivity contribution in [2.24, 2.45) is 0 Å². The van der Waals surface area contributed by atoms with Crippen LogP contribution in [0.4, 0.5) is 0 Å². The number of ketones is 1. The van der Waals surface area contributed by atoms with Crippen molar-refractivity contribution < 1.29 is 19.1 Å². The van der Waals surface area contributed by atoms with Crippen LogP contribution in [0.5, 0.6) is 5.75 Å². The third-order valence-electron chi connectivity index (χ3n) is 3.13. The zero-order chi connectivity index (χ0) is 13.1. The number of carbonyl (C=O) groups is 2. The van der Waals surface area contributed by atoms with Crippen LogP contribution in [0.3, 0.4) is 0 Å². The second-order valence-corrected chi connectivity index (χ2v) is 4.20. The predicted octanol–water partition coefficient (Wildman–Crippen LogP) is 1.58. The van der Waals surface area contributed by atoms with Crippen LogP contribution in [-0.4, -0.2) is 30.0 Å². The normalized spacial score (nSPS) is 13.9. The van der Waals surface area contributed by atoms with Crippen LogP contribution in [0.2, 0.25) is 0 Å². The van der Waals surface area contributed by atoms with Gasteiger partial charge >= 0.3 is 5.97 Å². The van der Waals surface area contributed by atoms with Crippen molar-refractivity contribution >= 4 is 11.8 Å². The zero-order valence-electron chi connectivity index (χ0n) is 10.7. The lowest BCUT2D eigenvalue weighted by atomic mass is 10.1. The highest BCUT2D eigenvalue weighted by atomic mass is 16.5. The smallest absolute Gasteiger partial charge is 0.381 e. The molecule has 0 radical (unpaired) electrons. The number of ether oxygens (including phenoxy) is 2. The minimum absolute atomic E-state index is 0.204. The molecule has 1 aromatic heterocycles. The fourth-order valence-corrected chi connectivity index (χ4v) is 2.31. The number of hydrogen-bond donors (Lipinski definition) is 0. The Kier molecular flexibility index (Phi) is 3.69. The average molecular weight is 251 g/mol. The number of aromatic nitrogens is 1. The van der Waals surface area contributed by atoms with Crippen LogP contribution in [0.25, 0.3) is 0 Å². The summed E-state index contributed by atoms with van der Waals surface area (Å²) in [6.07, 6.45) is 2.96. The first-order valence-corrected chi connectivity index (χ1v) is 6.16. The molecular weight excluding hydrogens is 234 g/mol. The standard InChI is InChI=1S/C13H17NO4/c1-3-18-13(16)12(15)10-8-11(17-2)9-6-4-5-7-14(9)10/h8H,3-7H2,1-2H3. The molecule has 0 saturated carbocycles. The van der Waals surface area contributed by atoms with Crippen LogP contribution in [0, 0.1) is 0 Å².